The molecule has 0 saturated carbocycles. The van der Waals surface area contributed by atoms with Crippen molar-refractivity contribution in [1.29, 1.82) is 0 Å². The summed E-state index contributed by atoms with van der Waals surface area (Å²) >= 11 is 0. The fraction of sp³-hybridized carbons (Fsp3) is 0.646. The van der Waals surface area contributed by atoms with Crippen LogP contribution in [0.5, 0.6) is 0 Å². The minimum atomic E-state index is -4.60. The van der Waals surface area contributed by atoms with E-state index in [9.17, 15) is 24.5 Å². The molecule has 0 aromatic heterocycles. The molecule has 0 rings (SSSR count). The Balaban J connectivity index is 4.58. The summed E-state index contributed by atoms with van der Waals surface area (Å²) in [5.74, 6) is -0.491. The Morgan fingerprint density at radius 1 is 0.661 bits per heavy atom. The lowest BCUT2D eigenvalue weighted by molar-refractivity contribution is -0.870. The first kappa shape index (κ1) is 56.2. The summed E-state index contributed by atoms with van der Waals surface area (Å²) in [6.07, 6.45) is 47.3. The SMILES string of the molecule is CC/C=C\C[C@H](O)/C=C/C=C\C=C\[C@H](O)C/C=C\C/C=C\CCC(=O)O[C@H](CO/C=C/CCCCCC/C=C\CCCCCCCC)COP(=O)([O-])OCC[N+](C)(C)C. The standard InChI is InChI=1S/C48H82NO9P/c1-6-8-10-11-12-13-14-15-16-17-18-19-20-23-28-34-41-55-43-47(44-57-59(53,54)56-42-40-49(3,4)5)58-48(52)39-33-25-22-21-24-30-36-46(51)38-32-27-26-31-37-45(50)35-29-9-7-2/h9,15-16,22,24-27,29-32,34,37-38,41,45-47,50-51H,6-8,10-14,17-21,23,28,33,35-36,39-40,42-44H2,1-5H3/b16-15-,25-22-,27-26-,29-9-,30-24-,37-31+,38-32+,41-34+/t45-,46+,47+/m0/s1. The summed E-state index contributed by atoms with van der Waals surface area (Å²) in [5.41, 5.74) is 0. The molecule has 11 heteroatoms. The number of hydrogen-bond acceptors (Lipinski definition) is 9. The number of esters is 1. The number of aliphatic hydroxyl groups is 2. The quantitative estimate of drug-likeness (QED) is 0.0118. The molecule has 0 heterocycles. The zero-order valence-electron chi connectivity index (χ0n) is 37.4. The first-order valence-electron chi connectivity index (χ1n) is 22.2. The zero-order valence-corrected chi connectivity index (χ0v) is 38.3. The largest absolute Gasteiger partial charge is 0.756 e. The van der Waals surface area contributed by atoms with E-state index in [2.05, 4.69) is 26.0 Å². The Bertz CT molecular complexity index is 1300. The molecule has 1 unspecified atom stereocenters. The zero-order chi connectivity index (χ0) is 43.7. The van der Waals surface area contributed by atoms with Gasteiger partial charge in [0.25, 0.3) is 7.82 Å². The van der Waals surface area contributed by atoms with Crippen molar-refractivity contribution in [3.63, 3.8) is 0 Å². The molecule has 0 aromatic carbocycles. The number of nitrogens with zero attached hydrogens (tertiary/aromatic N) is 1. The second-order valence-corrected chi connectivity index (χ2v) is 17.2. The summed E-state index contributed by atoms with van der Waals surface area (Å²) in [6, 6.07) is 0. The predicted molar refractivity (Wildman–Crippen MR) is 242 cm³/mol. The van der Waals surface area contributed by atoms with Crippen molar-refractivity contribution in [2.75, 3.05) is 47.5 Å². The molecule has 10 nitrogen and oxygen atoms in total. The van der Waals surface area contributed by atoms with Gasteiger partial charge in [-0.2, -0.15) is 0 Å². The Hall–Kier alpha value is -2.82. The van der Waals surface area contributed by atoms with Gasteiger partial charge in [0.1, 0.15) is 19.8 Å². The molecular formula is C48H82NO9P. The smallest absolute Gasteiger partial charge is 0.306 e. The number of ether oxygens (including phenoxy) is 2. The van der Waals surface area contributed by atoms with Gasteiger partial charge in [0.15, 0.2) is 6.10 Å². The van der Waals surface area contributed by atoms with E-state index in [0.29, 0.717) is 36.7 Å². The number of unbranched alkanes of at least 4 members (excludes halogenated alkanes) is 11. The summed E-state index contributed by atoms with van der Waals surface area (Å²) in [5, 5.41) is 20.0. The number of likely N-dealkylation sites (N-methyl/N-ethyl adjacent to an activating group) is 1. The van der Waals surface area contributed by atoms with Crippen molar-refractivity contribution < 1.29 is 47.5 Å². The lowest BCUT2D eigenvalue weighted by Crippen LogP contribution is -2.37. The van der Waals surface area contributed by atoms with Crippen LogP contribution in [0.2, 0.25) is 0 Å². The van der Waals surface area contributed by atoms with Crippen LogP contribution in [0.25, 0.3) is 0 Å². The number of phosphoric ester groups is 1. The van der Waals surface area contributed by atoms with E-state index in [-0.39, 0.29) is 19.6 Å². The summed E-state index contributed by atoms with van der Waals surface area (Å²) in [7, 11) is 1.19. The molecule has 0 aliphatic rings. The van der Waals surface area contributed by atoms with Crippen LogP contribution in [0.15, 0.2) is 97.4 Å². The van der Waals surface area contributed by atoms with Crippen molar-refractivity contribution in [2.45, 2.75) is 154 Å². The Kier molecular flexibility index (Phi) is 37.4. The highest BCUT2D eigenvalue weighted by Crippen LogP contribution is 2.38. The molecule has 0 saturated heterocycles. The number of rotatable bonds is 39. The van der Waals surface area contributed by atoms with Gasteiger partial charge >= 0.3 is 5.97 Å². The first-order chi connectivity index (χ1) is 28.4. The van der Waals surface area contributed by atoms with E-state index in [4.69, 9.17) is 18.5 Å². The van der Waals surface area contributed by atoms with Crippen LogP contribution in [0.4, 0.5) is 0 Å². The van der Waals surface area contributed by atoms with E-state index < -0.39 is 38.7 Å². The number of aliphatic hydroxyl groups excluding tert-OH is 2. The monoisotopic (exact) mass is 848 g/mol. The average Bonchev–Trinajstić information content (AvgIpc) is 3.18. The van der Waals surface area contributed by atoms with Crippen LogP contribution in [0.1, 0.15) is 136 Å². The topological polar surface area (TPSA) is 135 Å². The van der Waals surface area contributed by atoms with E-state index in [1.165, 1.54) is 57.8 Å². The number of carbonyl (C=O) groups excluding carboxylic acids is 1. The molecule has 0 fully saturated rings. The van der Waals surface area contributed by atoms with Gasteiger partial charge < -0.3 is 38.1 Å². The van der Waals surface area contributed by atoms with Gasteiger partial charge in [-0.05, 0) is 76.7 Å². The summed E-state index contributed by atoms with van der Waals surface area (Å²) in [6.45, 7) is 4.29. The summed E-state index contributed by atoms with van der Waals surface area (Å²) in [4.78, 5) is 25.0. The lowest BCUT2D eigenvalue weighted by atomic mass is 10.1. The second kappa shape index (κ2) is 39.3. The summed E-state index contributed by atoms with van der Waals surface area (Å²) < 4.78 is 34.1. The third-order valence-electron chi connectivity index (χ3n) is 8.86. The van der Waals surface area contributed by atoms with Gasteiger partial charge in [0.05, 0.1) is 46.2 Å². The molecule has 0 spiro atoms. The van der Waals surface area contributed by atoms with E-state index in [1.54, 1.807) is 36.6 Å². The molecule has 0 bridgehead atoms. The Labute approximate surface area is 359 Å². The van der Waals surface area contributed by atoms with Crippen molar-refractivity contribution in [3.05, 3.63) is 97.4 Å². The fourth-order valence-corrected chi connectivity index (χ4v) is 6.08. The minimum Gasteiger partial charge on any atom is -0.756 e. The van der Waals surface area contributed by atoms with Gasteiger partial charge in [0.2, 0.25) is 0 Å². The van der Waals surface area contributed by atoms with Crippen LogP contribution < -0.4 is 4.89 Å². The molecule has 59 heavy (non-hydrogen) atoms. The molecule has 0 aliphatic heterocycles. The molecule has 0 aliphatic carbocycles. The highest BCUT2D eigenvalue weighted by molar-refractivity contribution is 7.45. The molecule has 0 radical (unpaired) electrons. The first-order valence-corrected chi connectivity index (χ1v) is 23.7. The van der Waals surface area contributed by atoms with Crippen LogP contribution in [-0.4, -0.2) is 86.5 Å². The molecule has 0 aromatic rings. The van der Waals surface area contributed by atoms with Crippen LogP contribution in [-0.2, 0) is 27.9 Å². The molecule has 0 amide bonds. The van der Waals surface area contributed by atoms with Crippen molar-refractivity contribution in [2.24, 2.45) is 0 Å². The van der Waals surface area contributed by atoms with Gasteiger partial charge in [-0.15, -0.1) is 0 Å². The number of carbonyl (C=O) groups is 1. The maximum atomic E-state index is 12.6. The van der Waals surface area contributed by atoms with Crippen molar-refractivity contribution in [3.8, 4) is 0 Å². The maximum absolute atomic E-state index is 12.6. The second-order valence-electron chi connectivity index (χ2n) is 15.8. The molecular weight excluding hydrogens is 766 g/mol. The average molecular weight is 848 g/mol. The maximum Gasteiger partial charge on any atom is 0.306 e. The lowest BCUT2D eigenvalue weighted by Gasteiger charge is -2.28. The van der Waals surface area contributed by atoms with Gasteiger partial charge in [-0.1, -0.05) is 144 Å². The fourth-order valence-electron chi connectivity index (χ4n) is 5.35. The van der Waals surface area contributed by atoms with Crippen LogP contribution >= 0.6 is 7.82 Å². The third kappa shape index (κ3) is 43.1. The third-order valence-corrected chi connectivity index (χ3v) is 9.83. The van der Waals surface area contributed by atoms with Gasteiger partial charge in [-0.25, -0.2) is 0 Å². The van der Waals surface area contributed by atoms with E-state index >= 15 is 0 Å². The number of allylic oxidation sites excluding steroid dienone is 11. The molecule has 2 N–H and O–H groups in total. The highest BCUT2D eigenvalue weighted by atomic mass is 31.2. The van der Waals surface area contributed by atoms with Crippen molar-refractivity contribution >= 4 is 13.8 Å². The van der Waals surface area contributed by atoms with Gasteiger partial charge in [0, 0.05) is 6.42 Å². The highest BCUT2D eigenvalue weighted by Gasteiger charge is 2.20. The normalized spacial score (nSPS) is 15.7. The minimum absolute atomic E-state index is 0.0241. The number of hydrogen-bond donors (Lipinski definition) is 2. The van der Waals surface area contributed by atoms with Crippen LogP contribution in [0.3, 0.4) is 0 Å². The van der Waals surface area contributed by atoms with E-state index in [1.807, 2.05) is 69.8 Å². The van der Waals surface area contributed by atoms with Crippen LogP contribution in [0, 0.1) is 0 Å². The van der Waals surface area contributed by atoms with Crippen molar-refractivity contribution in [1.82, 2.24) is 0 Å². The van der Waals surface area contributed by atoms with E-state index in [0.717, 1.165) is 32.1 Å². The number of quaternary nitrogens is 1. The Morgan fingerprint density at radius 2 is 1.20 bits per heavy atom. The number of phosphoric acid groups is 1. The predicted octanol–water partition coefficient (Wildman–Crippen LogP) is 10.7. The van der Waals surface area contributed by atoms with Gasteiger partial charge in [-0.3, -0.25) is 9.36 Å². The molecule has 4 atom stereocenters. The Morgan fingerprint density at radius 3 is 1.80 bits per heavy atom. The molecule has 338 valence electrons.